The molecular formula is C27H32BN7O+. The zero-order valence-electron chi connectivity index (χ0n) is 21.3. The minimum atomic E-state index is 0.177. The molecule has 0 aliphatic carbocycles. The lowest BCUT2D eigenvalue weighted by atomic mass is 9.91. The number of ether oxygens (including phenoxy) is 1. The summed E-state index contributed by atoms with van der Waals surface area (Å²) in [5.41, 5.74) is 12.3. The number of anilines is 1. The van der Waals surface area contributed by atoms with Gasteiger partial charge in [-0.1, -0.05) is 31.2 Å². The van der Waals surface area contributed by atoms with Crippen LogP contribution in [0.1, 0.15) is 44.6 Å². The normalized spacial score (nSPS) is 21.3. The highest BCUT2D eigenvalue weighted by Gasteiger charge is 2.41. The van der Waals surface area contributed by atoms with Crippen molar-refractivity contribution >= 4 is 24.6 Å². The average molecular weight is 481 g/mol. The SMILES string of the molecule is CC(C)Cc1cn(-c2ccc3n2[B]N2C(=C3c3ccc(N)cc3)C=CC2=[N+]2CC(C)OC(C)C2)nn1. The molecule has 3 aliphatic rings. The van der Waals surface area contributed by atoms with Crippen LogP contribution in [-0.4, -0.2) is 67.5 Å². The summed E-state index contributed by atoms with van der Waals surface area (Å²) in [6, 6.07) is 12.4. The zero-order chi connectivity index (χ0) is 25.0. The molecule has 1 aromatic carbocycles. The van der Waals surface area contributed by atoms with Gasteiger partial charge in [0, 0.05) is 23.0 Å². The van der Waals surface area contributed by atoms with E-state index in [1.54, 1.807) is 0 Å². The Hall–Kier alpha value is -3.59. The van der Waals surface area contributed by atoms with E-state index < -0.39 is 0 Å². The molecule has 2 N–H and O–H groups in total. The molecule has 5 heterocycles. The first-order valence-electron chi connectivity index (χ1n) is 12.7. The van der Waals surface area contributed by atoms with Crippen LogP contribution in [0.5, 0.6) is 0 Å². The molecule has 1 radical (unpaired) electrons. The number of nitrogens with zero attached hydrogens (tertiary/aromatic N) is 6. The molecule has 3 aromatic rings. The van der Waals surface area contributed by atoms with Crippen LogP contribution in [0.25, 0.3) is 11.4 Å². The van der Waals surface area contributed by atoms with Crippen LogP contribution >= 0.6 is 0 Å². The van der Waals surface area contributed by atoms with Crippen molar-refractivity contribution in [3.8, 4) is 5.82 Å². The Labute approximate surface area is 212 Å². The highest BCUT2D eigenvalue weighted by molar-refractivity contribution is 6.40. The maximum Gasteiger partial charge on any atom is 0.553 e. The summed E-state index contributed by atoms with van der Waals surface area (Å²) in [6.07, 6.45) is 7.73. The Kier molecular flexibility index (Phi) is 5.60. The van der Waals surface area contributed by atoms with Crippen LogP contribution in [0.2, 0.25) is 0 Å². The Morgan fingerprint density at radius 2 is 1.83 bits per heavy atom. The molecule has 0 bridgehead atoms. The quantitative estimate of drug-likeness (QED) is 0.352. The predicted octanol–water partition coefficient (Wildman–Crippen LogP) is 3.09. The third-order valence-corrected chi connectivity index (χ3v) is 6.87. The minimum absolute atomic E-state index is 0.177. The summed E-state index contributed by atoms with van der Waals surface area (Å²) < 4.78 is 12.5. The largest absolute Gasteiger partial charge is 0.553 e. The molecule has 2 atom stereocenters. The number of nitrogen functional groups attached to an aromatic ring is 1. The predicted molar refractivity (Wildman–Crippen MR) is 142 cm³/mol. The van der Waals surface area contributed by atoms with E-state index in [1.807, 2.05) is 23.0 Å². The van der Waals surface area contributed by atoms with Crippen LogP contribution in [0, 0.1) is 5.92 Å². The fourth-order valence-corrected chi connectivity index (χ4v) is 5.45. The number of rotatable bonds is 4. The third-order valence-electron chi connectivity index (χ3n) is 6.87. The first kappa shape index (κ1) is 22.9. The molecule has 183 valence electrons. The monoisotopic (exact) mass is 481 g/mol. The maximum absolute atomic E-state index is 6.03. The van der Waals surface area contributed by atoms with Crippen LogP contribution in [0.15, 0.2) is 60.4 Å². The molecule has 3 aliphatic heterocycles. The molecule has 9 heteroatoms. The van der Waals surface area contributed by atoms with Crippen molar-refractivity contribution < 1.29 is 9.31 Å². The Balaban J connectivity index is 1.48. The number of hydrogen-bond acceptors (Lipinski definition) is 4. The van der Waals surface area contributed by atoms with Crippen LogP contribution in [0.4, 0.5) is 5.69 Å². The lowest BCUT2D eigenvalue weighted by molar-refractivity contribution is -0.568. The highest BCUT2D eigenvalue weighted by atomic mass is 16.5. The first-order chi connectivity index (χ1) is 17.4. The number of allylic oxidation sites excluding steroid dienone is 1. The lowest BCUT2D eigenvalue weighted by Crippen LogP contribution is -2.48. The van der Waals surface area contributed by atoms with Crippen molar-refractivity contribution in [1.82, 2.24) is 24.3 Å². The zero-order valence-corrected chi connectivity index (χ0v) is 21.3. The molecule has 0 spiro atoms. The standard InChI is InChI=1S/C27H31BN7O/c1-17(2)13-22-16-33(31-30-22)26-12-10-24-27(20-5-7-21(29)8-6-20)23-9-11-25(34(23)28-35(24)26)32-14-18(3)36-19(4)15-32/h5-12,16-19,29H,13-15H2,1-4H3/p+1. The van der Waals surface area contributed by atoms with Crippen molar-refractivity contribution in [3.63, 3.8) is 0 Å². The van der Waals surface area contributed by atoms with Crippen molar-refractivity contribution in [2.75, 3.05) is 18.8 Å². The number of amidine groups is 1. The summed E-state index contributed by atoms with van der Waals surface area (Å²) in [5, 5.41) is 8.90. The van der Waals surface area contributed by atoms with Crippen molar-refractivity contribution in [2.45, 2.75) is 46.3 Å². The van der Waals surface area contributed by atoms with Gasteiger partial charge in [-0.05, 0) is 62.1 Å². The minimum Gasteiger partial charge on any atom is -0.399 e. The van der Waals surface area contributed by atoms with E-state index in [-0.39, 0.29) is 12.2 Å². The first-order valence-corrected chi connectivity index (χ1v) is 12.7. The van der Waals surface area contributed by atoms with Gasteiger partial charge < -0.3 is 14.9 Å². The number of hydrogen-bond donors (Lipinski definition) is 1. The maximum atomic E-state index is 6.03. The smallest absolute Gasteiger partial charge is 0.399 e. The second-order valence-corrected chi connectivity index (χ2v) is 10.4. The molecule has 1 fully saturated rings. The molecule has 2 unspecified atom stereocenters. The van der Waals surface area contributed by atoms with E-state index in [1.165, 1.54) is 0 Å². The van der Waals surface area contributed by atoms with Crippen molar-refractivity contribution in [1.29, 1.82) is 0 Å². The van der Waals surface area contributed by atoms with E-state index in [0.717, 1.165) is 65.1 Å². The summed E-state index contributed by atoms with van der Waals surface area (Å²) in [5.74, 6) is 2.63. The second kappa shape index (κ2) is 8.82. The summed E-state index contributed by atoms with van der Waals surface area (Å²) in [4.78, 5) is 2.29. The van der Waals surface area contributed by atoms with Gasteiger partial charge in [-0.3, -0.25) is 9.39 Å². The van der Waals surface area contributed by atoms with Gasteiger partial charge >= 0.3 is 7.55 Å². The number of nitrogens with two attached hydrogens (primary N) is 1. The number of benzene rings is 1. The molecule has 2 aromatic heterocycles. The van der Waals surface area contributed by atoms with E-state index >= 15 is 0 Å². The van der Waals surface area contributed by atoms with E-state index in [0.29, 0.717) is 5.92 Å². The molecule has 36 heavy (non-hydrogen) atoms. The highest BCUT2D eigenvalue weighted by Crippen LogP contribution is 2.37. The van der Waals surface area contributed by atoms with Gasteiger partial charge in [-0.2, -0.15) is 0 Å². The summed E-state index contributed by atoms with van der Waals surface area (Å²) in [7, 11) is 2.17. The Morgan fingerprint density at radius 3 is 2.56 bits per heavy atom. The van der Waals surface area contributed by atoms with Gasteiger partial charge in [-0.15, -0.1) is 5.10 Å². The number of aromatic nitrogens is 4. The third kappa shape index (κ3) is 3.97. The average Bonchev–Trinajstić information content (AvgIpc) is 3.55. The van der Waals surface area contributed by atoms with E-state index in [4.69, 9.17) is 10.5 Å². The van der Waals surface area contributed by atoms with E-state index in [9.17, 15) is 0 Å². The summed E-state index contributed by atoms with van der Waals surface area (Å²) in [6.45, 7) is 10.4. The lowest BCUT2D eigenvalue weighted by Gasteiger charge is -2.30. The van der Waals surface area contributed by atoms with Gasteiger partial charge in [0.1, 0.15) is 24.6 Å². The summed E-state index contributed by atoms with van der Waals surface area (Å²) >= 11 is 0. The van der Waals surface area contributed by atoms with E-state index in [2.05, 4.69) is 95.8 Å². The van der Waals surface area contributed by atoms with Gasteiger partial charge in [-0.25, -0.2) is 4.68 Å². The molecule has 0 saturated carbocycles. The number of morpholine rings is 1. The second-order valence-electron chi connectivity index (χ2n) is 10.4. The van der Waals surface area contributed by atoms with Crippen LogP contribution < -0.4 is 5.73 Å². The topological polar surface area (TPSA) is 77.1 Å². The molecule has 6 rings (SSSR count). The van der Waals surface area contributed by atoms with Crippen LogP contribution in [-0.2, 0) is 11.2 Å². The van der Waals surface area contributed by atoms with Crippen molar-refractivity contribution in [2.24, 2.45) is 5.92 Å². The Morgan fingerprint density at radius 1 is 1.08 bits per heavy atom. The fourth-order valence-electron chi connectivity index (χ4n) is 5.45. The van der Waals surface area contributed by atoms with Gasteiger partial charge in [0.25, 0.3) is 5.84 Å². The van der Waals surface area contributed by atoms with Gasteiger partial charge in [0.05, 0.1) is 24.1 Å². The molecular weight excluding hydrogens is 449 g/mol. The van der Waals surface area contributed by atoms with Gasteiger partial charge in [0.2, 0.25) is 0 Å². The van der Waals surface area contributed by atoms with Crippen molar-refractivity contribution in [3.05, 3.63) is 77.4 Å². The molecule has 0 amide bonds. The fraction of sp³-hybridized carbons (Fsp3) is 0.370. The number of fused-ring (bicyclic) bond motifs is 2. The molecule has 1 saturated heterocycles. The van der Waals surface area contributed by atoms with Crippen LogP contribution in [0.3, 0.4) is 0 Å². The molecule has 8 nitrogen and oxygen atoms in total. The Bertz CT molecular complexity index is 1380. The van der Waals surface area contributed by atoms with Gasteiger partial charge in [0.15, 0.2) is 0 Å².